The zero-order valence-corrected chi connectivity index (χ0v) is 15.6. The van der Waals surface area contributed by atoms with Crippen LogP contribution in [0.15, 0.2) is 46.9 Å². The number of hydrogen-bond acceptors (Lipinski definition) is 5. The van der Waals surface area contributed by atoms with E-state index in [9.17, 15) is 19.5 Å². The first kappa shape index (κ1) is 18.9. The van der Waals surface area contributed by atoms with E-state index in [2.05, 4.69) is 0 Å². The highest BCUT2D eigenvalue weighted by atomic mass is 16.5. The molecule has 0 aliphatic heterocycles. The number of ketones is 2. The van der Waals surface area contributed by atoms with Crippen LogP contribution in [-0.2, 0) is 30.3 Å². The van der Waals surface area contributed by atoms with E-state index in [1.807, 2.05) is 24.3 Å². The fourth-order valence-electron chi connectivity index (χ4n) is 4.20. The van der Waals surface area contributed by atoms with Crippen molar-refractivity contribution in [3.05, 3.63) is 58.1 Å². The summed E-state index contributed by atoms with van der Waals surface area (Å²) in [4.78, 5) is 37.4. The van der Waals surface area contributed by atoms with Gasteiger partial charge in [0.05, 0.1) is 14.2 Å². The predicted octanol–water partition coefficient (Wildman–Crippen LogP) is 2.78. The highest BCUT2D eigenvalue weighted by Gasteiger charge is 2.43. The van der Waals surface area contributed by atoms with Crippen molar-refractivity contribution in [1.82, 2.24) is 0 Å². The van der Waals surface area contributed by atoms with E-state index >= 15 is 0 Å². The molecule has 1 aromatic carbocycles. The van der Waals surface area contributed by atoms with E-state index < -0.39 is 23.5 Å². The van der Waals surface area contributed by atoms with Gasteiger partial charge in [-0.05, 0) is 36.8 Å². The Morgan fingerprint density at radius 2 is 1.74 bits per heavy atom. The number of Topliss-reactive ketones (excluding diaryl/α,β-unsaturated/α-hetero) is 2. The SMILES string of the molecule is COC1=C(OC)C(=O)C(C2c3ccccc3CCC2CC(=O)O)=C(C)C1=O. The third kappa shape index (κ3) is 3.16. The van der Waals surface area contributed by atoms with Gasteiger partial charge in [0, 0.05) is 23.5 Å². The Morgan fingerprint density at radius 3 is 2.37 bits per heavy atom. The van der Waals surface area contributed by atoms with Crippen molar-refractivity contribution in [1.29, 1.82) is 0 Å². The van der Waals surface area contributed by atoms with Gasteiger partial charge >= 0.3 is 5.97 Å². The Labute approximate surface area is 157 Å². The van der Waals surface area contributed by atoms with Gasteiger partial charge in [-0.15, -0.1) is 0 Å². The molecule has 0 heterocycles. The monoisotopic (exact) mass is 370 g/mol. The number of ether oxygens (including phenoxy) is 2. The highest BCUT2D eigenvalue weighted by Crippen LogP contribution is 2.46. The van der Waals surface area contributed by atoms with E-state index in [1.54, 1.807) is 6.92 Å². The molecule has 0 radical (unpaired) electrons. The summed E-state index contributed by atoms with van der Waals surface area (Å²) in [5.74, 6) is -2.71. The number of carbonyl (C=O) groups is 3. The van der Waals surface area contributed by atoms with Crippen LogP contribution < -0.4 is 0 Å². The quantitative estimate of drug-likeness (QED) is 0.802. The molecule has 1 aromatic rings. The Kier molecular flexibility index (Phi) is 5.17. The molecule has 2 aliphatic rings. The van der Waals surface area contributed by atoms with Crippen LogP contribution in [0.1, 0.15) is 36.8 Å². The number of fused-ring (bicyclic) bond motifs is 1. The molecular weight excluding hydrogens is 348 g/mol. The number of carboxylic acids is 1. The second-order valence-corrected chi connectivity index (χ2v) is 6.84. The summed E-state index contributed by atoms with van der Waals surface area (Å²) in [6.45, 7) is 1.59. The molecule has 0 bridgehead atoms. The van der Waals surface area contributed by atoms with Gasteiger partial charge in [0.1, 0.15) is 0 Å². The lowest BCUT2D eigenvalue weighted by Crippen LogP contribution is -2.33. The number of benzene rings is 1. The Bertz CT molecular complexity index is 876. The molecule has 2 atom stereocenters. The van der Waals surface area contributed by atoms with Crippen molar-refractivity contribution in [2.45, 2.75) is 32.1 Å². The zero-order chi connectivity index (χ0) is 19.7. The smallest absolute Gasteiger partial charge is 0.303 e. The van der Waals surface area contributed by atoms with Crippen LogP contribution in [0, 0.1) is 5.92 Å². The standard InChI is InChI=1S/C21H22O6/c1-11-16(19(25)21(27-3)20(26-2)18(11)24)17-13(10-15(22)23)9-8-12-6-4-5-7-14(12)17/h4-7,13,17H,8-10H2,1-3H3,(H,22,23). The minimum absolute atomic E-state index is 0.0690. The molecule has 2 unspecified atom stereocenters. The summed E-state index contributed by atoms with van der Waals surface area (Å²) in [7, 11) is 2.64. The van der Waals surface area contributed by atoms with Crippen LogP contribution in [0.2, 0.25) is 0 Å². The lowest BCUT2D eigenvalue weighted by Gasteiger charge is -2.36. The van der Waals surface area contributed by atoms with Crippen molar-refractivity contribution in [2.75, 3.05) is 14.2 Å². The normalized spacial score (nSPS) is 22.6. The number of methoxy groups -OCH3 is 2. The number of aliphatic carboxylic acids is 1. The van der Waals surface area contributed by atoms with Crippen LogP contribution in [0.3, 0.4) is 0 Å². The Hall–Kier alpha value is -2.89. The van der Waals surface area contributed by atoms with Crippen LogP contribution in [-0.4, -0.2) is 36.9 Å². The Morgan fingerprint density at radius 1 is 1.11 bits per heavy atom. The van der Waals surface area contributed by atoms with Gasteiger partial charge in [-0.25, -0.2) is 0 Å². The molecule has 27 heavy (non-hydrogen) atoms. The number of allylic oxidation sites excluding steroid dienone is 2. The van der Waals surface area contributed by atoms with Gasteiger partial charge in [0.15, 0.2) is 0 Å². The third-order valence-electron chi connectivity index (χ3n) is 5.41. The summed E-state index contributed by atoms with van der Waals surface area (Å²) < 4.78 is 10.3. The van der Waals surface area contributed by atoms with Crippen LogP contribution >= 0.6 is 0 Å². The number of rotatable bonds is 5. The zero-order valence-electron chi connectivity index (χ0n) is 15.6. The van der Waals surface area contributed by atoms with E-state index in [1.165, 1.54) is 14.2 Å². The molecule has 0 fully saturated rings. The Balaban J connectivity index is 2.18. The van der Waals surface area contributed by atoms with Gasteiger partial charge in [-0.1, -0.05) is 24.3 Å². The number of aryl methyl sites for hydroxylation is 1. The maximum atomic E-state index is 13.2. The average Bonchev–Trinajstić information content (AvgIpc) is 2.65. The van der Waals surface area contributed by atoms with Gasteiger partial charge in [-0.2, -0.15) is 0 Å². The summed E-state index contributed by atoms with van der Waals surface area (Å²) in [5.41, 5.74) is 2.58. The molecule has 0 aromatic heterocycles. The number of hydrogen-bond donors (Lipinski definition) is 1. The summed E-state index contributed by atoms with van der Waals surface area (Å²) >= 11 is 0. The van der Waals surface area contributed by atoms with Crippen molar-refractivity contribution in [3.8, 4) is 0 Å². The minimum Gasteiger partial charge on any atom is -0.489 e. The molecular formula is C21H22O6. The fourth-order valence-corrected chi connectivity index (χ4v) is 4.20. The molecule has 0 saturated heterocycles. The fraction of sp³-hybridized carbons (Fsp3) is 0.381. The molecule has 1 N–H and O–H groups in total. The first-order valence-corrected chi connectivity index (χ1v) is 8.82. The molecule has 3 rings (SSSR count). The van der Waals surface area contributed by atoms with Gasteiger partial charge < -0.3 is 14.6 Å². The predicted molar refractivity (Wildman–Crippen MR) is 97.0 cm³/mol. The van der Waals surface area contributed by atoms with Crippen molar-refractivity contribution in [2.24, 2.45) is 5.92 Å². The first-order chi connectivity index (χ1) is 12.9. The second kappa shape index (κ2) is 7.39. The summed E-state index contributed by atoms with van der Waals surface area (Å²) in [6, 6.07) is 7.69. The van der Waals surface area contributed by atoms with Gasteiger partial charge in [0.2, 0.25) is 23.1 Å². The molecule has 6 heteroatoms. The van der Waals surface area contributed by atoms with Crippen molar-refractivity contribution < 1.29 is 29.0 Å². The maximum Gasteiger partial charge on any atom is 0.303 e. The number of carboxylic acid groups (broad SMARTS) is 1. The lowest BCUT2D eigenvalue weighted by atomic mass is 9.67. The molecule has 0 saturated carbocycles. The topological polar surface area (TPSA) is 89.9 Å². The lowest BCUT2D eigenvalue weighted by molar-refractivity contribution is -0.138. The second-order valence-electron chi connectivity index (χ2n) is 6.84. The molecule has 6 nitrogen and oxygen atoms in total. The minimum atomic E-state index is -0.919. The largest absolute Gasteiger partial charge is 0.489 e. The van der Waals surface area contributed by atoms with E-state index in [0.29, 0.717) is 12.0 Å². The molecule has 142 valence electrons. The first-order valence-electron chi connectivity index (χ1n) is 8.82. The van der Waals surface area contributed by atoms with E-state index in [0.717, 1.165) is 17.5 Å². The van der Waals surface area contributed by atoms with Crippen molar-refractivity contribution in [3.63, 3.8) is 0 Å². The van der Waals surface area contributed by atoms with Crippen LogP contribution in [0.5, 0.6) is 0 Å². The summed E-state index contributed by atoms with van der Waals surface area (Å²) in [6.07, 6.45) is 1.31. The maximum absolute atomic E-state index is 13.2. The van der Waals surface area contributed by atoms with Crippen LogP contribution in [0.25, 0.3) is 0 Å². The third-order valence-corrected chi connectivity index (χ3v) is 5.41. The van der Waals surface area contributed by atoms with Crippen LogP contribution in [0.4, 0.5) is 0 Å². The van der Waals surface area contributed by atoms with Gasteiger partial charge in [0.25, 0.3) is 0 Å². The average molecular weight is 370 g/mol. The molecule has 0 spiro atoms. The van der Waals surface area contributed by atoms with E-state index in [4.69, 9.17) is 9.47 Å². The summed E-state index contributed by atoms with van der Waals surface area (Å²) in [5, 5.41) is 9.37. The number of carbonyl (C=O) groups excluding carboxylic acids is 2. The van der Waals surface area contributed by atoms with Gasteiger partial charge in [-0.3, -0.25) is 14.4 Å². The molecule has 2 aliphatic carbocycles. The molecule has 0 amide bonds. The van der Waals surface area contributed by atoms with E-state index in [-0.39, 0.29) is 29.4 Å². The highest BCUT2D eigenvalue weighted by molar-refractivity contribution is 6.24. The van der Waals surface area contributed by atoms with Crippen molar-refractivity contribution >= 4 is 17.5 Å².